The van der Waals surface area contributed by atoms with Crippen LogP contribution in [0.3, 0.4) is 0 Å². The van der Waals surface area contributed by atoms with Crippen LogP contribution in [0.15, 0.2) is 36.5 Å². The number of aromatic nitrogens is 2. The molecule has 0 unspecified atom stereocenters. The molecule has 1 aromatic heterocycles. The maximum Gasteiger partial charge on any atom is 0.328 e. The van der Waals surface area contributed by atoms with Crippen molar-refractivity contribution in [3.8, 4) is 17.1 Å². The van der Waals surface area contributed by atoms with Gasteiger partial charge in [-0.25, -0.2) is 9.78 Å². The lowest BCUT2D eigenvalue weighted by atomic mass is 10.2. The molecule has 2 rings (SSSR count). The number of nitrogens with zero attached hydrogens (tertiary/aromatic N) is 1. The second-order valence-corrected chi connectivity index (χ2v) is 3.59. The number of imidazole rings is 1. The fraction of sp³-hybridized carbons (Fsp3) is 0.0769. The minimum atomic E-state index is -0.993. The van der Waals surface area contributed by atoms with Gasteiger partial charge in [-0.15, -0.1) is 0 Å². The number of rotatable bonds is 4. The number of aliphatic carboxylic acids is 1. The van der Waals surface area contributed by atoms with E-state index in [1.54, 1.807) is 13.3 Å². The Hall–Kier alpha value is -2.56. The van der Waals surface area contributed by atoms with Crippen LogP contribution >= 0.6 is 0 Å². The molecule has 0 radical (unpaired) electrons. The highest BCUT2D eigenvalue weighted by molar-refractivity contribution is 5.85. The summed E-state index contributed by atoms with van der Waals surface area (Å²) >= 11 is 0. The van der Waals surface area contributed by atoms with Gasteiger partial charge in [-0.1, -0.05) is 12.1 Å². The van der Waals surface area contributed by atoms with E-state index in [2.05, 4.69) is 9.97 Å². The quantitative estimate of drug-likeness (QED) is 0.808. The molecule has 0 saturated carbocycles. The van der Waals surface area contributed by atoms with E-state index in [1.165, 1.54) is 6.08 Å². The van der Waals surface area contributed by atoms with Crippen LogP contribution in [0.1, 0.15) is 5.69 Å². The topological polar surface area (TPSA) is 75.2 Å². The average Bonchev–Trinajstić information content (AvgIpc) is 2.85. The molecular weight excluding hydrogens is 232 g/mol. The molecule has 2 N–H and O–H groups in total. The van der Waals surface area contributed by atoms with Crippen molar-refractivity contribution in [2.75, 3.05) is 7.11 Å². The summed E-state index contributed by atoms with van der Waals surface area (Å²) < 4.78 is 5.13. The zero-order valence-corrected chi connectivity index (χ0v) is 9.75. The molecule has 0 aliphatic heterocycles. The number of hydrogen-bond donors (Lipinski definition) is 2. The van der Waals surface area contributed by atoms with E-state index >= 15 is 0 Å². The van der Waals surface area contributed by atoms with Crippen molar-refractivity contribution >= 4 is 12.0 Å². The first-order valence-corrected chi connectivity index (χ1v) is 5.29. The van der Waals surface area contributed by atoms with E-state index in [-0.39, 0.29) is 0 Å². The number of nitrogens with one attached hydrogen (secondary N) is 1. The highest BCUT2D eigenvalue weighted by Gasteiger charge is 2.03. The SMILES string of the molecule is COc1cccc(-c2ncc(/C=C/C(=O)O)[nH]2)c1. The molecule has 18 heavy (non-hydrogen) atoms. The minimum absolute atomic E-state index is 0.634. The lowest BCUT2D eigenvalue weighted by Crippen LogP contribution is -1.86. The first-order valence-electron chi connectivity index (χ1n) is 5.29. The Morgan fingerprint density at radius 1 is 1.50 bits per heavy atom. The fourth-order valence-corrected chi connectivity index (χ4v) is 1.50. The summed E-state index contributed by atoms with van der Waals surface area (Å²) in [5, 5.41) is 8.53. The summed E-state index contributed by atoms with van der Waals surface area (Å²) in [6.07, 6.45) is 4.09. The van der Waals surface area contributed by atoms with Crippen LogP contribution < -0.4 is 4.74 Å². The van der Waals surface area contributed by atoms with Gasteiger partial charge in [-0.3, -0.25) is 0 Å². The number of H-pyrrole nitrogens is 1. The zero-order chi connectivity index (χ0) is 13.0. The normalized spacial score (nSPS) is 10.7. The third kappa shape index (κ3) is 2.76. The summed E-state index contributed by atoms with van der Waals surface area (Å²) in [6.45, 7) is 0. The number of carbonyl (C=O) groups is 1. The molecule has 0 spiro atoms. The molecule has 0 saturated heterocycles. The summed E-state index contributed by atoms with van der Waals surface area (Å²) in [5.74, 6) is 0.415. The molecule has 2 aromatic rings. The fourth-order valence-electron chi connectivity index (χ4n) is 1.50. The number of aromatic amines is 1. The monoisotopic (exact) mass is 244 g/mol. The van der Waals surface area contributed by atoms with Crippen molar-refractivity contribution in [2.45, 2.75) is 0 Å². The highest BCUT2D eigenvalue weighted by Crippen LogP contribution is 2.21. The van der Waals surface area contributed by atoms with Crippen LogP contribution in [0.25, 0.3) is 17.5 Å². The lowest BCUT2D eigenvalue weighted by molar-refractivity contribution is -0.131. The molecule has 1 heterocycles. The summed E-state index contributed by atoms with van der Waals surface area (Å²) in [6, 6.07) is 7.46. The maximum absolute atomic E-state index is 10.4. The lowest BCUT2D eigenvalue weighted by Gasteiger charge is -2.01. The molecule has 0 bridgehead atoms. The van der Waals surface area contributed by atoms with Crippen molar-refractivity contribution in [3.05, 3.63) is 42.2 Å². The van der Waals surface area contributed by atoms with Crippen molar-refractivity contribution in [1.29, 1.82) is 0 Å². The Bertz CT molecular complexity index is 587. The molecule has 1 aromatic carbocycles. The molecule has 0 atom stereocenters. The van der Waals surface area contributed by atoms with E-state index in [9.17, 15) is 4.79 Å². The van der Waals surface area contributed by atoms with Gasteiger partial charge in [0.25, 0.3) is 0 Å². The Labute approximate surface area is 104 Å². The molecule has 0 aliphatic rings. The van der Waals surface area contributed by atoms with Gasteiger partial charge >= 0.3 is 5.97 Å². The predicted molar refractivity (Wildman–Crippen MR) is 67.2 cm³/mol. The third-order valence-corrected chi connectivity index (χ3v) is 2.34. The maximum atomic E-state index is 10.4. The van der Waals surface area contributed by atoms with E-state index < -0.39 is 5.97 Å². The predicted octanol–water partition coefficient (Wildman–Crippen LogP) is 2.18. The average molecular weight is 244 g/mol. The number of ether oxygens (including phenoxy) is 1. The Kier molecular flexibility index (Phi) is 3.43. The minimum Gasteiger partial charge on any atom is -0.497 e. The molecule has 0 fully saturated rings. The van der Waals surface area contributed by atoms with Gasteiger partial charge in [-0.2, -0.15) is 0 Å². The molecule has 0 amide bonds. The molecular formula is C13H12N2O3. The van der Waals surface area contributed by atoms with Gasteiger partial charge in [0, 0.05) is 11.6 Å². The number of carboxylic acids is 1. The van der Waals surface area contributed by atoms with Crippen molar-refractivity contribution in [2.24, 2.45) is 0 Å². The van der Waals surface area contributed by atoms with E-state index in [4.69, 9.17) is 9.84 Å². The van der Waals surface area contributed by atoms with Crippen molar-refractivity contribution in [1.82, 2.24) is 9.97 Å². The van der Waals surface area contributed by atoms with E-state index in [0.717, 1.165) is 17.4 Å². The largest absolute Gasteiger partial charge is 0.497 e. The summed E-state index contributed by atoms with van der Waals surface area (Å²) in [4.78, 5) is 17.6. The second-order valence-electron chi connectivity index (χ2n) is 3.59. The Balaban J connectivity index is 2.26. The third-order valence-electron chi connectivity index (χ3n) is 2.34. The first kappa shape index (κ1) is 11.9. The number of benzene rings is 1. The first-order chi connectivity index (χ1) is 8.69. The van der Waals surface area contributed by atoms with Crippen LogP contribution in [0.5, 0.6) is 5.75 Å². The van der Waals surface area contributed by atoms with E-state index in [0.29, 0.717) is 11.5 Å². The van der Waals surface area contributed by atoms with Gasteiger partial charge in [-0.05, 0) is 18.2 Å². The summed E-state index contributed by atoms with van der Waals surface area (Å²) in [7, 11) is 1.60. The number of carboxylic acid groups (broad SMARTS) is 1. The van der Waals surface area contributed by atoms with Crippen LogP contribution in [-0.4, -0.2) is 28.2 Å². The van der Waals surface area contributed by atoms with E-state index in [1.807, 2.05) is 24.3 Å². The standard InChI is InChI=1S/C13H12N2O3/c1-18-11-4-2-3-9(7-11)13-14-8-10(15-13)5-6-12(16)17/h2-8H,1H3,(H,14,15)(H,16,17)/b6-5+. The van der Waals surface area contributed by atoms with Crippen LogP contribution in [0, 0.1) is 0 Å². The van der Waals surface area contributed by atoms with Crippen LogP contribution in [0.4, 0.5) is 0 Å². The van der Waals surface area contributed by atoms with Crippen molar-refractivity contribution in [3.63, 3.8) is 0 Å². The molecule has 5 heteroatoms. The van der Waals surface area contributed by atoms with Gasteiger partial charge in [0.15, 0.2) is 0 Å². The van der Waals surface area contributed by atoms with Gasteiger partial charge in [0.05, 0.1) is 19.0 Å². The van der Waals surface area contributed by atoms with Gasteiger partial charge < -0.3 is 14.8 Å². The number of methoxy groups -OCH3 is 1. The molecule has 92 valence electrons. The number of hydrogen-bond acceptors (Lipinski definition) is 3. The second kappa shape index (κ2) is 5.18. The van der Waals surface area contributed by atoms with Gasteiger partial charge in [0.2, 0.25) is 0 Å². The molecule has 5 nitrogen and oxygen atoms in total. The van der Waals surface area contributed by atoms with Crippen LogP contribution in [0.2, 0.25) is 0 Å². The highest BCUT2D eigenvalue weighted by atomic mass is 16.5. The zero-order valence-electron chi connectivity index (χ0n) is 9.75. The molecule has 0 aliphatic carbocycles. The Morgan fingerprint density at radius 3 is 3.06 bits per heavy atom. The smallest absolute Gasteiger partial charge is 0.328 e. The Morgan fingerprint density at radius 2 is 2.33 bits per heavy atom. The van der Waals surface area contributed by atoms with Crippen molar-refractivity contribution < 1.29 is 14.6 Å². The van der Waals surface area contributed by atoms with Crippen LogP contribution in [-0.2, 0) is 4.79 Å². The summed E-state index contributed by atoms with van der Waals surface area (Å²) in [5.41, 5.74) is 1.51. The van der Waals surface area contributed by atoms with Gasteiger partial charge in [0.1, 0.15) is 11.6 Å².